The molecule has 2 rings (SSSR count). The number of thioether (sulfide) groups is 1. The van der Waals surface area contributed by atoms with Crippen molar-refractivity contribution in [1.29, 1.82) is 0 Å². The lowest BCUT2D eigenvalue weighted by atomic mass is 10.4. The first-order valence-corrected chi connectivity index (χ1v) is 7.63. The van der Waals surface area contributed by atoms with Crippen LogP contribution in [-0.4, -0.2) is 49.5 Å². The van der Waals surface area contributed by atoms with Gasteiger partial charge in [-0.3, -0.25) is 4.99 Å². The van der Waals surface area contributed by atoms with Crippen LogP contribution in [0.2, 0.25) is 5.02 Å². The minimum atomic E-state index is 0.625. The highest BCUT2D eigenvalue weighted by molar-refractivity contribution is 7.99. The van der Waals surface area contributed by atoms with Gasteiger partial charge in [-0.15, -0.1) is 11.8 Å². The van der Waals surface area contributed by atoms with Crippen molar-refractivity contribution in [2.75, 3.05) is 38.6 Å². The molecule has 1 aromatic rings. The number of hydrogen-bond donors (Lipinski definition) is 1. The van der Waals surface area contributed by atoms with Gasteiger partial charge in [-0.1, -0.05) is 11.6 Å². The van der Waals surface area contributed by atoms with Crippen molar-refractivity contribution in [1.82, 2.24) is 4.90 Å². The molecule has 104 valence electrons. The van der Waals surface area contributed by atoms with E-state index in [0.717, 1.165) is 43.6 Å². The second-order valence-corrected chi connectivity index (χ2v) is 5.75. The van der Waals surface area contributed by atoms with Crippen LogP contribution in [0.15, 0.2) is 34.2 Å². The predicted molar refractivity (Wildman–Crippen MR) is 81.1 cm³/mol. The summed E-state index contributed by atoms with van der Waals surface area (Å²) in [4.78, 5) is 7.66. The van der Waals surface area contributed by atoms with Crippen molar-refractivity contribution in [3.05, 3.63) is 29.3 Å². The van der Waals surface area contributed by atoms with Gasteiger partial charge in [-0.05, 0) is 24.3 Å². The number of benzene rings is 1. The summed E-state index contributed by atoms with van der Waals surface area (Å²) in [5, 5.41) is 0.763. The van der Waals surface area contributed by atoms with Gasteiger partial charge in [0.15, 0.2) is 5.96 Å². The summed E-state index contributed by atoms with van der Waals surface area (Å²) in [6.45, 7) is 3.85. The zero-order valence-corrected chi connectivity index (χ0v) is 12.3. The molecule has 1 aliphatic rings. The number of hydrogen-bond acceptors (Lipinski definition) is 3. The lowest BCUT2D eigenvalue weighted by Gasteiger charge is -2.27. The Kier molecular flexibility index (Phi) is 5.82. The first-order valence-electron chi connectivity index (χ1n) is 6.27. The summed E-state index contributed by atoms with van der Waals surface area (Å²) in [6, 6.07) is 7.83. The molecule has 1 aliphatic heterocycles. The summed E-state index contributed by atoms with van der Waals surface area (Å²) < 4.78 is 5.28. The summed E-state index contributed by atoms with van der Waals surface area (Å²) in [6.07, 6.45) is 0. The number of rotatable bonds is 4. The van der Waals surface area contributed by atoms with Crippen LogP contribution in [0.5, 0.6) is 0 Å². The lowest BCUT2D eigenvalue weighted by molar-refractivity contribution is 0.0674. The summed E-state index contributed by atoms with van der Waals surface area (Å²) in [7, 11) is 0. The van der Waals surface area contributed by atoms with Gasteiger partial charge in [0.2, 0.25) is 0 Å². The van der Waals surface area contributed by atoms with Crippen LogP contribution in [0.4, 0.5) is 0 Å². The molecule has 1 aromatic carbocycles. The Morgan fingerprint density at radius 3 is 2.68 bits per heavy atom. The van der Waals surface area contributed by atoms with Gasteiger partial charge in [0.05, 0.1) is 19.8 Å². The van der Waals surface area contributed by atoms with Crippen molar-refractivity contribution in [3.8, 4) is 0 Å². The van der Waals surface area contributed by atoms with Gasteiger partial charge < -0.3 is 15.4 Å². The summed E-state index contributed by atoms with van der Waals surface area (Å²) in [5.74, 6) is 1.53. The van der Waals surface area contributed by atoms with Crippen molar-refractivity contribution in [3.63, 3.8) is 0 Å². The fraction of sp³-hybridized carbons (Fsp3) is 0.462. The van der Waals surface area contributed by atoms with Crippen LogP contribution in [0, 0.1) is 0 Å². The smallest absolute Gasteiger partial charge is 0.191 e. The molecule has 19 heavy (non-hydrogen) atoms. The number of nitrogens with two attached hydrogens (primary N) is 1. The molecular weight excluding hydrogens is 282 g/mol. The Bertz CT molecular complexity index is 418. The Morgan fingerprint density at radius 1 is 1.32 bits per heavy atom. The molecule has 0 unspecified atom stereocenters. The Labute approximate surface area is 123 Å². The van der Waals surface area contributed by atoms with E-state index in [-0.39, 0.29) is 0 Å². The van der Waals surface area contributed by atoms with E-state index in [0.29, 0.717) is 5.96 Å². The van der Waals surface area contributed by atoms with Crippen LogP contribution >= 0.6 is 23.4 Å². The van der Waals surface area contributed by atoms with Gasteiger partial charge in [0.1, 0.15) is 0 Å². The summed E-state index contributed by atoms with van der Waals surface area (Å²) in [5.41, 5.74) is 5.94. The monoisotopic (exact) mass is 299 g/mol. The van der Waals surface area contributed by atoms with E-state index in [1.807, 2.05) is 24.3 Å². The molecule has 1 heterocycles. The molecule has 0 aromatic heterocycles. The Balaban J connectivity index is 1.71. The molecule has 1 fully saturated rings. The van der Waals surface area contributed by atoms with Crippen LogP contribution in [0.1, 0.15) is 0 Å². The van der Waals surface area contributed by atoms with Crippen molar-refractivity contribution in [2.24, 2.45) is 10.7 Å². The highest BCUT2D eigenvalue weighted by Crippen LogP contribution is 2.19. The third kappa shape index (κ3) is 4.93. The SMILES string of the molecule is NC(=NCCSc1ccc(Cl)cc1)N1CCOCC1. The number of halogens is 1. The fourth-order valence-electron chi connectivity index (χ4n) is 1.75. The lowest BCUT2D eigenvalue weighted by Crippen LogP contribution is -2.44. The zero-order valence-electron chi connectivity index (χ0n) is 10.7. The van der Waals surface area contributed by atoms with Crippen LogP contribution in [0.25, 0.3) is 0 Å². The summed E-state index contributed by atoms with van der Waals surface area (Å²) >= 11 is 7.59. The predicted octanol–water partition coefficient (Wildman–Crippen LogP) is 2.08. The molecule has 0 aliphatic carbocycles. The van der Waals surface area contributed by atoms with Gasteiger partial charge in [0, 0.05) is 28.8 Å². The molecule has 0 radical (unpaired) electrons. The van der Waals surface area contributed by atoms with Crippen LogP contribution in [-0.2, 0) is 4.74 Å². The van der Waals surface area contributed by atoms with Crippen molar-refractivity contribution in [2.45, 2.75) is 4.90 Å². The average Bonchev–Trinajstić information content (AvgIpc) is 2.46. The number of ether oxygens (including phenoxy) is 1. The third-order valence-corrected chi connectivity index (χ3v) is 4.03. The highest BCUT2D eigenvalue weighted by atomic mass is 35.5. The third-order valence-electron chi connectivity index (χ3n) is 2.78. The van der Waals surface area contributed by atoms with E-state index in [9.17, 15) is 0 Å². The van der Waals surface area contributed by atoms with Gasteiger partial charge in [-0.2, -0.15) is 0 Å². The van der Waals surface area contributed by atoms with E-state index in [4.69, 9.17) is 22.1 Å². The van der Waals surface area contributed by atoms with Crippen molar-refractivity contribution >= 4 is 29.3 Å². The molecule has 0 saturated carbocycles. The molecule has 2 N–H and O–H groups in total. The van der Waals surface area contributed by atoms with E-state index in [1.54, 1.807) is 11.8 Å². The second kappa shape index (κ2) is 7.62. The number of aliphatic imine (C=N–C) groups is 1. The Morgan fingerprint density at radius 2 is 2.00 bits per heavy atom. The van der Waals surface area contributed by atoms with Gasteiger partial charge in [0.25, 0.3) is 0 Å². The van der Waals surface area contributed by atoms with Crippen LogP contribution in [0.3, 0.4) is 0 Å². The van der Waals surface area contributed by atoms with E-state index < -0.39 is 0 Å². The molecule has 0 spiro atoms. The molecule has 1 saturated heterocycles. The fourth-order valence-corrected chi connectivity index (χ4v) is 2.62. The minimum absolute atomic E-state index is 0.625. The van der Waals surface area contributed by atoms with Gasteiger partial charge >= 0.3 is 0 Å². The van der Waals surface area contributed by atoms with E-state index >= 15 is 0 Å². The Hall–Kier alpha value is -0.910. The molecule has 4 nitrogen and oxygen atoms in total. The van der Waals surface area contributed by atoms with E-state index in [1.165, 1.54) is 4.90 Å². The first kappa shape index (κ1) is 14.5. The molecule has 0 atom stereocenters. The van der Waals surface area contributed by atoms with E-state index in [2.05, 4.69) is 9.89 Å². The first-order chi connectivity index (χ1) is 9.25. The standard InChI is InChI=1S/C13H18ClN3OS/c14-11-1-3-12(4-2-11)19-10-5-16-13(15)17-6-8-18-9-7-17/h1-4H,5-10H2,(H2,15,16). The van der Waals surface area contributed by atoms with Crippen molar-refractivity contribution < 1.29 is 4.74 Å². The maximum absolute atomic E-state index is 5.94. The largest absolute Gasteiger partial charge is 0.378 e. The number of morpholine rings is 1. The quantitative estimate of drug-likeness (QED) is 0.400. The molecule has 0 amide bonds. The topological polar surface area (TPSA) is 50.8 Å². The van der Waals surface area contributed by atoms with Crippen LogP contribution < -0.4 is 5.73 Å². The number of guanidine groups is 1. The molecule has 0 bridgehead atoms. The molecule has 6 heteroatoms. The normalized spacial score (nSPS) is 16.7. The van der Waals surface area contributed by atoms with Gasteiger partial charge in [-0.25, -0.2) is 0 Å². The zero-order chi connectivity index (χ0) is 13.5. The molecular formula is C13H18ClN3OS. The number of nitrogens with zero attached hydrogens (tertiary/aromatic N) is 2. The average molecular weight is 300 g/mol. The maximum atomic E-state index is 5.94. The maximum Gasteiger partial charge on any atom is 0.191 e. The highest BCUT2D eigenvalue weighted by Gasteiger charge is 2.11. The second-order valence-electron chi connectivity index (χ2n) is 4.14. The minimum Gasteiger partial charge on any atom is -0.378 e.